The molecule has 7 heteroatoms. The monoisotopic (exact) mass is 412 g/mol. The number of likely N-dealkylation sites (tertiary alicyclic amines) is 1. The smallest absolute Gasteiger partial charge is 0.257 e. The molecule has 0 radical (unpaired) electrons. The van der Waals surface area contributed by atoms with Gasteiger partial charge in [0.2, 0.25) is 5.91 Å². The number of amides is 2. The lowest BCUT2D eigenvalue weighted by Gasteiger charge is -2.56. The van der Waals surface area contributed by atoms with Crippen molar-refractivity contribution < 1.29 is 14.3 Å². The molecule has 5 rings (SSSR count). The zero-order chi connectivity index (χ0) is 20.7. The molecular weight excluding hydrogens is 380 g/mol. The maximum absolute atomic E-state index is 13.4. The largest absolute Gasteiger partial charge is 0.494 e. The first kappa shape index (κ1) is 19.8. The van der Waals surface area contributed by atoms with Gasteiger partial charge in [0.15, 0.2) is 0 Å². The average Bonchev–Trinajstić information content (AvgIpc) is 3.64. The Balaban J connectivity index is 1.35. The zero-order valence-corrected chi connectivity index (χ0v) is 17.8. The summed E-state index contributed by atoms with van der Waals surface area (Å²) >= 11 is 0. The van der Waals surface area contributed by atoms with E-state index in [9.17, 15) is 9.59 Å². The number of fused-ring (bicyclic) bond motifs is 4. The molecule has 1 N–H and O–H groups in total. The van der Waals surface area contributed by atoms with E-state index in [2.05, 4.69) is 15.2 Å². The molecule has 30 heavy (non-hydrogen) atoms. The number of hydrogen-bond donors (Lipinski definition) is 1. The third kappa shape index (κ3) is 3.68. The Morgan fingerprint density at radius 3 is 2.83 bits per heavy atom. The lowest BCUT2D eigenvalue weighted by atomic mass is 9.72. The van der Waals surface area contributed by atoms with E-state index in [0.29, 0.717) is 41.8 Å². The normalized spacial score (nSPS) is 31.0. The molecule has 1 saturated carbocycles. The second-order valence-corrected chi connectivity index (χ2v) is 9.43. The fourth-order valence-corrected chi connectivity index (χ4v) is 5.94. The fraction of sp³-hybridized carbons (Fsp3) is 0.696. The van der Waals surface area contributed by atoms with Gasteiger partial charge >= 0.3 is 0 Å². The van der Waals surface area contributed by atoms with Crippen LogP contribution >= 0.6 is 0 Å². The Labute approximate surface area is 178 Å². The van der Waals surface area contributed by atoms with Crippen molar-refractivity contribution in [2.45, 2.75) is 50.6 Å². The molecule has 1 aromatic heterocycles. The van der Waals surface area contributed by atoms with Crippen LogP contribution in [0.5, 0.6) is 5.75 Å². The van der Waals surface area contributed by atoms with Crippen molar-refractivity contribution in [3.8, 4) is 5.75 Å². The van der Waals surface area contributed by atoms with Gasteiger partial charge in [-0.2, -0.15) is 0 Å². The summed E-state index contributed by atoms with van der Waals surface area (Å²) in [5, 5.41) is 3.23. The Morgan fingerprint density at radius 2 is 2.03 bits per heavy atom. The molecule has 0 aromatic carbocycles. The lowest BCUT2D eigenvalue weighted by Crippen LogP contribution is -2.66. The number of carbonyl (C=O) groups is 2. The van der Waals surface area contributed by atoms with Gasteiger partial charge in [-0.25, -0.2) is 0 Å². The summed E-state index contributed by atoms with van der Waals surface area (Å²) < 4.78 is 5.39. The average molecular weight is 413 g/mol. The van der Waals surface area contributed by atoms with Crippen molar-refractivity contribution in [2.24, 2.45) is 17.8 Å². The quantitative estimate of drug-likeness (QED) is 0.800. The third-order valence-electron chi connectivity index (χ3n) is 7.58. The minimum atomic E-state index is 0.0361. The van der Waals surface area contributed by atoms with Crippen molar-refractivity contribution in [3.05, 3.63) is 24.0 Å². The van der Waals surface area contributed by atoms with E-state index in [0.717, 1.165) is 38.9 Å². The zero-order valence-electron chi connectivity index (χ0n) is 17.8. The topological polar surface area (TPSA) is 74.8 Å². The van der Waals surface area contributed by atoms with Crippen molar-refractivity contribution in [1.82, 2.24) is 20.1 Å². The molecule has 2 amide bonds. The van der Waals surface area contributed by atoms with E-state index in [-0.39, 0.29) is 17.7 Å². The lowest BCUT2D eigenvalue weighted by molar-refractivity contribution is -0.123. The highest BCUT2D eigenvalue weighted by molar-refractivity contribution is 5.96. The number of ether oxygens (including phenoxy) is 1. The maximum Gasteiger partial charge on any atom is 0.257 e. The van der Waals surface area contributed by atoms with Gasteiger partial charge in [-0.05, 0) is 56.6 Å². The second-order valence-electron chi connectivity index (χ2n) is 9.43. The van der Waals surface area contributed by atoms with Crippen LogP contribution < -0.4 is 10.1 Å². The Hall–Kier alpha value is -2.15. The molecule has 0 unspecified atom stereocenters. The van der Waals surface area contributed by atoms with Crippen LogP contribution in [0.3, 0.4) is 0 Å². The van der Waals surface area contributed by atoms with Crippen LogP contribution in [0, 0.1) is 17.8 Å². The number of nitrogens with zero attached hydrogens (tertiary/aromatic N) is 3. The van der Waals surface area contributed by atoms with Gasteiger partial charge in [-0.3, -0.25) is 19.5 Å². The first-order valence-electron chi connectivity index (χ1n) is 11.5. The van der Waals surface area contributed by atoms with Crippen LogP contribution in [0.4, 0.5) is 0 Å². The number of rotatable bonds is 5. The summed E-state index contributed by atoms with van der Waals surface area (Å²) in [6.07, 6.45) is 10.2. The summed E-state index contributed by atoms with van der Waals surface area (Å²) in [7, 11) is 1.58. The molecule has 7 nitrogen and oxygen atoms in total. The summed E-state index contributed by atoms with van der Waals surface area (Å²) in [6.45, 7) is 3.38. The highest BCUT2D eigenvalue weighted by Gasteiger charge is 2.48. The molecule has 1 aliphatic carbocycles. The number of piperidine rings is 3. The molecule has 4 aliphatic rings. The van der Waals surface area contributed by atoms with Crippen molar-refractivity contribution in [1.29, 1.82) is 0 Å². The maximum atomic E-state index is 13.4. The second kappa shape index (κ2) is 8.17. The van der Waals surface area contributed by atoms with Gasteiger partial charge in [-0.15, -0.1) is 0 Å². The van der Waals surface area contributed by atoms with Gasteiger partial charge in [0.05, 0.1) is 18.9 Å². The van der Waals surface area contributed by atoms with Crippen LogP contribution in [-0.4, -0.2) is 72.0 Å². The van der Waals surface area contributed by atoms with Crippen molar-refractivity contribution >= 4 is 11.8 Å². The molecule has 3 aliphatic heterocycles. The minimum Gasteiger partial charge on any atom is -0.494 e. The standard InChI is InChI=1S/C23H32N4O3/c1-30-21-12-24-8-7-18(21)23(29)26-13-16-10-17(14-26)20(11-25-22(28)15-5-6-15)27-9-3-2-4-19(16)27/h7-8,12,15-17,19-20H,2-6,9-11,13-14H2,1H3,(H,25,28)/t16-,17+,19+,20+/m1/s1. The molecule has 3 saturated heterocycles. The molecule has 162 valence electrons. The van der Waals surface area contributed by atoms with Crippen molar-refractivity contribution in [3.63, 3.8) is 0 Å². The number of nitrogens with one attached hydrogen (secondary N) is 1. The number of carbonyl (C=O) groups excluding carboxylic acids is 2. The first-order chi connectivity index (χ1) is 14.7. The van der Waals surface area contributed by atoms with Gasteiger partial charge < -0.3 is 15.0 Å². The molecule has 0 spiro atoms. The van der Waals surface area contributed by atoms with E-state index in [4.69, 9.17) is 4.74 Å². The van der Waals surface area contributed by atoms with Crippen LogP contribution in [-0.2, 0) is 4.79 Å². The molecule has 2 bridgehead atoms. The van der Waals surface area contributed by atoms with E-state index in [1.165, 1.54) is 19.3 Å². The first-order valence-corrected chi connectivity index (χ1v) is 11.5. The van der Waals surface area contributed by atoms with Crippen LogP contribution in [0.2, 0.25) is 0 Å². The van der Waals surface area contributed by atoms with Crippen molar-refractivity contribution in [2.75, 3.05) is 33.3 Å². The van der Waals surface area contributed by atoms with Gasteiger partial charge in [0.1, 0.15) is 5.75 Å². The predicted molar refractivity (Wildman–Crippen MR) is 112 cm³/mol. The van der Waals surface area contributed by atoms with Gasteiger partial charge in [-0.1, -0.05) is 6.42 Å². The van der Waals surface area contributed by atoms with Gasteiger partial charge in [0, 0.05) is 43.8 Å². The number of pyridine rings is 1. The third-order valence-corrected chi connectivity index (χ3v) is 7.58. The molecule has 1 aromatic rings. The van der Waals surface area contributed by atoms with Crippen LogP contribution in [0.25, 0.3) is 0 Å². The molecule has 4 fully saturated rings. The molecule has 4 atom stereocenters. The summed E-state index contributed by atoms with van der Waals surface area (Å²) in [5.41, 5.74) is 0.589. The molecule has 4 heterocycles. The Morgan fingerprint density at radius 1 is 1.20 bits per heavy atom. The van der Waals surface area contributed by atoms with E-state index in [1.807, 2.05) is 4.90 Å². The Kier molecular flexibility index (Phi) is 5.39. The summed E-state index contributed by atoms with van der Waals surface area (Å²) in [6, 6.07) is 2.60. The highest BCUT2D eigenvalue weighted by atomic mass is 16.5. The summed E-state index contributed by atoms with van der Waals surface area (Å²) in [4.78, 5) is 34.5. The van der Waals surface area contributed by atoms with Gasteiger partial charge in [0.25, 0.3) is 5.91 Å². The highest BCUT2D eigenvalue weighted by Crippen LogP contribution is 2.41. The number of hydrogen-bond acceptors (Lipinski definition) is 5. The fourth-order valence-electron chi connectivity index (χ4n) is 5.94. The van der Waals surface area contributed by atoms with E-state index in [1.54, 1.807) is 25.6 Å². The minimum absolute atomic E-state index is 0.0361. The molecular formula is C23H32N4O3. The SMILES string of the molecule is COc1cnccc1C(=O)N1C[C@H]2C[C@@H](C1)[C@H](CNC(=O)C1CC1)N1CCCC[C@@H]21. The van der Waals surface area contributed by atoms with Crippen LogP contribution in [0.15, 0.2) is 18.5 Å². The Bertz CT molecular complexity index is 811. The van der Waals surface area contributed by atoms with Crippen LogP contribution in [0.1, 0.15) is 48.9 Å². The van der Waals surface area contributed by atoms with E-state index < -0.39 is 0 Å². The predicted octanol–water partition coefficient (Wildman–Crippen LogP) is 1.93. The summed E-state index contributed by atoms with van der Waals surface area (Å²) in [5.74, 6) is 1.93. The number of methoxy groups -OCH3 is 1. The number of aromatic nitrogens is 1. The van der Waals surface area contributed by atoms with E-state index >= 15 is 0 Å².